The Bertz CT molecular complexity index is 411. The van der Waals surface area contributed by atoms with Gasteiger partial charge in [-0.05, 0) is 6.42 Å². The summed E-state index contributed by atoms with van der Waals surface area (Å²) in [4.78, 5) is 15.7. The number of aryl methyl sites for hydroxylation is 1. The number of aromatic nitrogens is 2. The number of hydrogen-bond acceptors (Lipinski definition) is 3. The molecule has 4 nitrogen and oxygen atoms in total. The second-order valence-corrected chi connectivity index (χ2v) is 4.55. The van der Waals surface area contributed by atoms with Gasteiger partial charge in [0, 0.05) is 24.2 Å². The minimum Gasteiger partial charge on any atom is -0.393 e. The van der Waals surface area contributed by atoms with Gasteiger partial charge in [-0.25, -0.2) is 4.98 Å². The molecular formula is C10H15N3OS. The zero-order valence-electron chi connectivity index (χ0n) is 8.93. The van der Waals surface area contributed by atoms with Crippen molar-refractivity contribution in [3.63, 3.8) is 0 Å². The number of thiocarbonyl (C=S) groups is 1. The van der Waals surface area contributed by atoms with Crippen molar-refractivity contribution in [3.05, 3.63) is 28.9 Å². The molecule has 2 N–H and O–H groups in total. The standard InChI is InChI=1S/C10H15N3OS/c1-10(2,9(11)15)4-6-13-7-12-5-3-8(13)14/h3,5,7H,4,6H2,1-2H3,(H2,11,15). The van der Waals surface area contributed by atoms with Crippen LogP contribution >= 0.6 is 12.2 Å². The SMILES string of the molecule is CC(C)(CCn1cnccc1=O)C(N)=S. The minimum atomic E-state index is -0.232. The number of nitrogens with zero attached hydrogens (tertiary/aromatic N) is 2. The van der Waals surface area contributed by atoms with Gasteiger partial charge >= 0.3 is 0 Å². The van der Waals surface area contributed by atoms with Gasteiger partial charge in [-0.1, -0.05) is 26.1 Å². The van der Waals surface area contributed by atoms with Crippen LogP contribution in [0.15, 0.2) is 23.4 Å². The molecule has 5 heteroatoms. The van der Waals surface area contributed by atoms with E-state index in [0.29, 0.717) is 11.5 Å². The van der Waals surface area contributed by atoms with Gasteiger partial charge in [0.25, 0.3) is 5.56 Å². The molecule has 0 saturated heterocycles. The van der Waals surface area contributed by atoms with Crippen molar-refractivity contribution in [3.8, 4) is 0 Å². The third kappa shape index (κ3) is 3.13. The number of nitrogens with two attached hydrogens (primary N) is 1. The van der Waals surface area contributed by atoms with E-state index in [1.165, 1.54) is 18.6 Å². The van der Waals surface area contributed by atoms with Crippen LogP contribution in [0.2, 0.25) is 0 Å². The van der Waals surface area contributed by atoms with Gasteiger partial charge in [-0.3, -0.25) is 9.36 Å². The van der Waals surface area contributed by atoms with Crippen LogP contribution in [0.5, 0.6) is 0 Å². The third-order valence-electron chi connectivity index (χ3n) is 2.44. The molecule has 1 aromatic rings. The second-order valence-electron chi connectivity index (χ2n) is 4.11. The predicted octanol–water partition coefficient (Wildman–Crippen LogP) is 0.946. The molecule has 0 amide bonds. The summed E-state index contributed by atoms with van der Waals surface area (Å²) < 4.78 is 1.56. The molecule has 82 valence electrons. The normalized spacial score (nSPS) is 11.3. The Kier molecular flexibility index (Phi) is 3.57. The lowest BCUT2D eigenvalue weighted by Gasteiger charge is -2.22. The lowest BCUT2D eigenvalue weighted by Crippen LogP contribution is -2.32. The van der Waals surface area contributed by atoms with E-state index in [4.69, 9.17) is 18.0 Å². The molecule has 0 atom stereocenters. The van der Waals surface area contributed by atoms with Crippen molar-refractivity contribution in [2.45, 2.75) is 26.8 Å². The van der Waals surface area contributed by atoms with Crippen LogP contribution in [0.3, 0.4) is 0 Å². The molecule has 0 aliphatic rings. The van der Waals surface area contributed by atoms with Crippen molar-refractivity contribution >= 4 is 17.2 Å². The lowest BCUT2D eigenvalue weighted by atomic mass is 9.89. The summed E-state index contributed by atoms with van der Waals surface area (Å²) in [5.74, 6) is 0. The van der Waals surface area contributed by atoms with E-state index in [1.807, 2.05) is 13.8 Å². The minimum absolute atomic E-state index is 0.0521. The fraction of sp³-hybridized carbons (Fsp3) is 0.500. The van der Waals surface area contributed by atoms with Gasteiger partial charge in [0.1, 0.15) is 0 Å². The maximum Gasteiger partial charge on any atom is 0.253 e. The molecule has 0 aliphatic carbocycles. The Labute approximate surface area is 94.1 Å². The first kappa shape index (κ1) is 11.8. The lowest BCUT2D eigenvalue weighted by molar-refractivity contribution is 0.428. The van der Waals surface area contributed by atoms with E-state index >= 15 is 0 Å². The topological polar surface area (TPSA) is 60.9 Å². The largest absolute Gasteiger partial charge is 0.393 e. The summed E-state index contributed by atoms with van der Waals surface area (Å²) in [6, 6.07) is 1.44. The zero-order chi connectivity index (χ0) is 11.5. The third-order valence-corrected chi connectivity index (χ3v) is 2.99. The molecular weight excluding hydrogens is 210 g/mol. The highest BCUT2D eigenvalue weighted by atomic mass is 32.1. The maximum absolute atomic E-state index is 11.4. The molecule has 0 unspecified atom stereocenters. The summed E-state index contributed by atoms with van der Waals surface area (Å²) >= 11 is 4.95. The summed E-state index contributed by atoms with van der Waals surface area (Å²) in [5, 5.41) is 0. The quantitative estimate of drug-likeness (QED) is 0.775. The maximum atomic E-state index is 11.4. The number of rotatable bonds is 4. The van der Waals surface area contributed by atoms with E-state index in [9.17, 15) is 4.79 Å². The molecule has 0 saturated carbocycles. The Balaban J connectivity index is 2.70. The molecule has 0 radical (unpaired) electrons. The second kappa shape index (κ2) is 4.53. The highest BCUT2D eigenvalue weighted by Gasteiger charge is 2.20. The predicted molar refractivity (Wildman–Crippen MR) is 63.7 cm³/mol. The molecule has 0 spiro atoms. The summed E-state index contributed by atoms with van der Waals surface area (Å²) in [7, 11) is 0. The van der Waals surface area contributed by atoms with Crippen LogP contribution in [0.4, 0.5) is 0 Å². The van der Waals surface area contributed by atoms with Crippen molar-refractivity contribution in [2.24, 2.45) is 11.1 Å². The Morgan fingerprint density at radius 3 is 2.87 bits per heavy atom. The molecule has 0 bridgehead atoms. The van der Waals surface area contributed by atoms with Gasteiger partial charge in [0.15, 0.2) is 0 Å². The molecule has 1 rings (SSSR count). The van der Waals surface area contributed by atoms with E-state index < -0.39 is 0 Å². The van der Waals surface area contributed by atoms with E-state index in [-0.39, 0.29) is 11.0 Å². The van der Waals surface area contributed by atoms with E-state index in [2.05, 4.69) is 4.98 Å². The molecule has 1 aromatic heterocycles. The van der Waals surface area contributed by atoms with Crippen molar-refractivity contribution < 1.29 is 0 Å². The van der Waals surface area contributed by atoms with Crippen LogP contribution in [0, 0.1) is 5.41 Å². The highest BCUT2D eigenvalue weighted by molar-refractivity contribution is 7.80. The smallest absolute Gasteiger partial charge is 0.253 e. The van der Waals surface area contributed by atoms with Crippen LogP contribution in [0.25, 0.3) is 0 Å². The monoisotopic (exact) mass is 225 g/mol. The summed E-state index contributed by atoms with van der Waals surface area (Å²) in [5.41, 5.74) is 5.32. The van der Waals surface area contributed by atoms with Gasteiger partial charge in [-0.15, -0.1) is 0 Å². The fourth-order valence-corrected chi connectivity index (χ4v) is 1.17. The molecule has 0 aliphatic heterocycles. The van der Waals surface area contributed by atoms with Crippen LogP contribution in [-0.2, 0) is 6.54 Å². The molecule has 1 heterocycles. The average molecular weight is 225 g/mol. The Hall–Kier alpha value is -1.23. The van der Waals surface area contributed by atoms with E-state index in [1.54, 1.807) is 4.57 Å². The molecule has 15 heavy (non-hydrogen) atoms. The molecule has 0 aromatic carbocycles. The first-order chi connectivity index (χ1) is 6.93. The summed E-state index contributed by atoms with van der Waals surface area (Å²) in [6.07, 6.45) is 3.74. The first-order valence-corrected chi connectivity index (χ1v) is 5.15. The summed E-state index contributed by atoms with van der Waals surface area (Å²) in [6.45, 7) is 4.52. The Morgan fingerprint density at radius 2 is 2.33 bits per heavy atom. The molecule has 0 fully saturated rings. The van der Waals surface area contributed by atoms with E-state index in [0.717, 1.165) is 6.42 Å². The van der Waals surface area contributed by atoms with Crippen molar-refractivity contribution in [2.75, 3.05) is 0 Å². The van der Waals surface area contributed by atoms with Crippen molar-refractivity contribution in [1.29, 1.82) is 0 Å². The van der Waals surface area contributed by atoms with Gasteiger partial charge < -0.3 is 5.73 Å². The van der Waals surface area contributed by atoms with Crippen LogP contribution < -0.4 is 11.3 Å². The fourth-order valence-electron chi connectivity index (χ4n) is 1.07. The van der Waals surface area contributed by atoms with Gasteiger partial charge in [0.2, 0.25) is 0 Å². The highest BCUT2D eigenvalue weighted by Crippen LogP contribution is 2.20. The van der Waals surface area contributed by atoms with Crippen LogP contribution in [-0.4, -0.2) is 14.5 Å². The zero-order valence-corrected chi connectivity index (χ0v) is 9.75. The van der Waals surface area contributed by atoms with Crippen LogP contribution in [0.1, 0.15) is 20.3 Å². The Morgan fingerprint density at radius 1 is 1.67 bits per heavy atom. The average Bonchev–Trinajstić information content (AvgIpc) is 2.16. The number of hydrogen-bond donors (Lipinski definition) is 1. The van der Waals surface area contributed by atoms with Gasteiger partial charge in [0.05, 0.1) is 11.3 Å². The van der Waals surface area contributed by atoms with Gasteiger partial charge in [-0.2, -0.15) is 0 Å². The first-order valence-electron chi connectivity index (χ1n) is 4.74. The van der Waals surface area contributed by atoms with Crippen molar-refractivity contribution in [1.82, 2.24) is 9.55 Å².